The lowest BCUT2D eigenvalue weighted by Gasteiger charge is -2.08. The highest BCUT2D eigenvalue weighted by atomic mass is 35.5. The first-order valence-electron chi connectivity index (χ1n) is 5.73. The van der Waals surface area contributed by atoms with Crippen LogP contribution in [0.1, 0.15) is 17.5 Å². The molecule has 0 bridgehead atoms. The van der Waals surface area contributed by atoms with Gasteiger partial charge in [-0.3, -0.25) is 4.79 Å². The lowest BCUT2D eigenvalue weighted by molar-refractivity contribution is -0.133. The van der Waals surface area contributed by atoms with Gasteiger partial charge < -0.3 is 9.67 Å². The Morgan fingerprint density at radius 3 is 2.95 bits per heavy atom. The predicted molar refractivity (Wildman–Crippen MR) is 78.4 cm³/mol. The van der Waals surface area contributed by atoms with Crippen LogP contribution in [0, 0.1) is 0 Å². The maximum atomic E-state index is 10.6. The molecule has 0 aliphatic carbocycles. The summed E-state index contributed by atoms with van der Waals surface area (Å²) in [4.78, 5) is 16.1. The van der Waals surface area contributed by atoms with Gasteiger partial charge in [-0.15, -0.1) is 11.3 Å². The monoisotopic (exact) mass is 316 g/mol. The van der Waals surface area contributed by atoms with Crippen molar-refractivity contribution in [3.05, 3.63) is 33.2 Å². The van der Waals surface area contributed by atoms with Crippen molar-refractivity contribution < 1.29 is 9.90 Å². The zero-order chi connectivity index (χ0) is 13.8. The van der Waals surface area contributed by atoms with Crippen molar-refractivity contribution in [3.8, 4) is 0 Å². The third-order valence-corrected chi connectivity index (χ3v) is 4.72. The molecule has 0 aliphatic rings. The minimum atomic E-state index is -0.836. The van der Waals surface area contributed by atoms with Crippen molar-refractivity contribution in [1.82, 2.24) is 9.55 Å². The number of halogens is 1. The van der Waals surface area contributed by atoms with Crippen LogP contribution in [0.15, 0.2) is 23.5 Å². The lowest BCUT2D eigenvalue weighted by Crippen LogP contribution is -2.06. The van der Waals surface area contributed by atoms with Crippen LogP contribution in [-0.2, 0) is 17.8 Å². The van der Waals surface area contributed by atoms with Gasteiger partial charge in [0.2, 0.25) is 0 Å². The summed E-state index contributed by atoms with van der Waals surface area (Å²) in [6, 6.07) is 3.85. The number of carbonyl (C=O) groups is 1. The summed E-state index contributed by atoms with van der Waals surface area (Å²) in [7, 11) is 0. The first-order chi connectivity index (χ1) is 9.10. The van der Waals surface area contributed by atoms with Crippen molar-refractivity contribution in [2.75, 3.05) is 5.75 Å². The topological polar surface area (TPSA) is 55.1 Å². The molecule has 2 aromatic heterocycles. The van der Waals surface area contributed by atoms with E-state index in [1.807, 2.05) is 12.1 Å². The molecule has 19 heavy (non-hydrogen) atoms. The molecule has 0 saturated heterocycles. The Labute approximate surface area is 124 Å². The SMILES string of the molecule is CCc1cnc(SCC(=O)O)n1Cc1ccc(Cl)s1. The van der Waals surface area contributed by atoms with Crippen molar-refractivity contribution in [2.45, 2.75) is 25.0 Å². The van der Waals surface area contributed by atoms with Crippen molar-refractivity contribution in [3.63, 3.8) is 0 Å². The van der Waals surface area contributed by atoms with Crippen molar-refractivity contribution in [2.24, 2.45) is 0 Å². The van der Waals surface area contributed by atoms with Crippen molar-refractivity contribution >= 4 is 40.7 Å². The van der Waals surface area contributed by atoms with Crippen LogP contribution in [0.5, 0.6) is 0 Å². The van der Waals surface area contributed by atoms with Gasteiger partial charge in [-0.25, -0.2) is 4.98 Å². The zero-order valence-corrected chi connectivity index (χ0v) is 12.7. The fourth-order valence-electron chi connectivity index (χ4n) is 1.68. The Morgan fingerprint density at radius 1 is 1.58 bits per heavy atom. The molecule has 0 unspecified atom stereocenters. The molecule has 0 spiro atoms. The number of hydrogen-bond acceptors (Lipinski definition) is 4. The minimum Gasteiger partial charge on any atom is -0.481 e. The second-order valence-corrected chi connectivity index (χ2v) is 6.60. The van der Waals surface area contributed by atoms with Gasteiger partial charge in [-0.1, -0.05) is 30.3 Å². The summed E-state index contributed by atoms with van der Waals surface area (Å²) >= 11 is 8.70. The standard InChI is InChI=1S/C12H13ClN2O2S2/c1-2-8-5-14-12(18-7-11(16)17)15(8)6-9-3-4-10(13)19-9/h3-5H,2,6-7H2,1H3,(H,16,17). The van der Waals surface area contributed by atoms with E-state index in [0.29, 0.717) is 6.54 Å². The number of aliphatic carboxylic acids is 1. The van der Waals surface area contributed by atoms with Gasteiger partial charge in [0, 0.05) is 16.8 Å². The summed E-state index contributed by atoms with van der Waals surface area (Å²) < 4.78 is 2.81. The number of carboxylic acids is 1. The molecule has 7 heteroatoms. The number of hydrogen-bond donors (Lipinski definition) is 1. The van der Waals surface area contributed by atoms with E-state index in [0.717, 1.165) is 26.5 Å². The fraction of sp³-hybridized carbons (Fsp3) is 0.333. The van der Waals surface area contributed by atoms with E-state index in [1.165, 1.54) is 23.1 Å². The van der Waals surface area contributed by atoms with Crippen LogP contribution in [0.3, 0.4) is 0 Å². The first kappa shape index (κ1) is 14.4. The number of imidazole rings is 1. The summed E-state index contributed by atoms with van der Waals surface area (Å²) in [6.45, 7) is 2.74. The summed E-state index contributed by atoms with van der Waals surface area (Å²) in [5.41, 5.74) is 1.09. The molecule has 4 nitrogen and oxygen atoms in total. The van der Waals surface area contributed by atoms with E-state index < -0.39 is 5.97 Å². The molecule has 0 fully saturated rings. The lowest BCUT2D eigenvalue weighted by atomic mass is 10.3. The highest BCUT2D eigenvalue weighted by Crippen LogP contribution is 2.25. The second kappa shape index (κ2) is 6.45. The van der Waals surface area contributed by atoms with E-state index in [4.69, 9.17) is 16.7 Å². The molecule has 2 rings (SSSR count). The fourth-order valence-corrected chi connectivity index (χ4v) is 3.47. The Hall–Kier alpha value is -0.980. The van der Waals surface area contributed by atoms with E-state index >= 15 is 0 Å². The molecular formula is C12H13ClN2O2S2. The number of thiophene rings is 1. The predicted octanol–water partition coefficient (Wildman–Crippen LogP) is 3.39. The van der Waals surface area contributed by atoms with Gasteiger partial charge in [-0.2, -0.15) is 0 Å². The quantitative estimate of drug-likeness (QED) is 0.830. The molecule has 2 aromatic rings. The summed E-state index contributed by atoms with van der Waals surface area (Å²) in [5, 5.41) is 9.49. The molecule has 0 saturated carbocycles. The van der Waals surface area contributed by atoms with Crippen LogP contribution < -0.4 is 0 Å². The van der Waals surface area contributed by atoms with Crippen LogP contribution in [0.4, 0.5) is 0 Å². The minimum absolute atomic E-state index is 0.0192. The Kier molecular flexibility index (Phi) is 4.90. The highest BCUT2D eigenvalue weighted by Gasteiger charge is 2.12. The third-order valence-electron chi connectivity index (χ3n) is 2.53. The highest BCUT2D eigenvalue weighted by molar-refractivity contribution is 7.99. The van der Waals surface area contributed by atoms with Crippen LogP contribution in [0.2, 0.25) is 4.34 Å². The Balaban J connectivity index is 2.20. The number of aryl methyl sites for hydroxylation is 1. The van der Waals surface area contributed by atoms with Gasteiger partial charge in [-0.05, 0) is 18.6 Å². The maximum absolute atomic E-state index is 10.6. The van der Waals surface area contributed by atoms with E-state index in [9.17, 15) is 4.79 Å². The molecule has 2 heterocycles. The average Bonchev–Trinajstić information content (AvgIpc) is 2.94. The maximum Gasteiger partial charge on any atom is 0.313 e. The van der Waals surface area contributed by atoms with Crippen molar-refractivity contribution in [1.29, 1.82) is 0 Å². The number of thioether (sulfide) groups is 1. The molecule has 1 N–H and O–H groups in total. The summed E-state index contributed by atoms with van der Waals surface area (Å²) in [6.07, 6.45) is 2.67. The molecule has 0 atom stereocenters. The summed E-state index contributed by atoms with van der Waals surface area (Å²) in [5.74, 6) is -0.817. The molecule has 0 amide bonds. The van der Waals surface area contributed by atoms with Gasteiger partial charge >= 0.3 is 5.97 Å². The molecule has 102 valence electrons. The second-order valence-electron chi connectivity index (χ2n) is 3.86. The number of aromatic nitrogens is 2. The van der Waals surface area contributed by atoms with Crippen LogP contribution >= 0.6 is 34.7 Å². The first-order valence-corrected chi connectivity index (χ1v) is 7.91. The van der Waals surface area contributed by atoms with Crippen LogP contribution in [0.25, 0.3) is 0 Å². The van der Waals surface area contributed by atoms with E-state index in [1.54, 1.807) is 6.20 Å². The molecule has 0 aliphatic heterocycles. The molecule has 0 radical (unpaired) electrons. The number of nitrogens with zero attached hydrogens (tertiary/aromatic N) is 2. The largest absolute Gasteiger partial charge is 0.481 e. The van der Waals surface area contributed by atoms with Gasteiger partial charge in [0.15, 0.2) is 5.16 Å². The van der Waals surface area contributed by atoms with E-state index in [2.05, 4.69) is 16.5 Å². The zero-order valence-electron chi connectivity index (χ0n) is 10.3. The normalized spacial score (nSPS) is 10.8. The van der Waals surface area contributed by atoms with Crippen LogP contribution in [-0.4, -0.2) is 26.4 Å². The average molecular weight is 317 g/mol. The van der Waals surface area contributed by atoms with Gasteiger partial charge in [0.05, 0.1) is 16.6 Å². The molecule has 0 aromatic carbocycles. The number of carboxylic acid groups (broad SMARTS) is 1. The molecular weight excluding hydrogens is 304 g/mol. The Morgan fingerprint density at radius 2 is 2.37 bits per heavy atom. The Bertz CT molecular complexity index is 580. The van der Waals surface area contributed by atoms with Gasteiger partial charge in [0.25, 0.3) is 0 Å². The smallest absolute Gasteiger partial charge is 0.313 e. The van der Waals surface area contributed by atoms with E-state index in [-0.39, 0.29) is 5.75 Å². The third kappa shape index (κ3) is 3.75. The number of rotatable bonds is 6. The van der Waals surface area contributed by atoms with Gasteiger partial charge in [0.1, 0.15) is 0 Å².